The molecule has 100 valence electrons. The van der Waals surface area contributed by atoms with Crippen LogP contribution in [-0.2, 0) is 0 Å². The lowest BCUT2D eigenvalue weighted by atomic mass is 10.1. The molecule has 0 saturated carbocycles. The summed E-state index contributed by atoms with van der Waals surface area (Å²) in [5.41, 5.74) is 6.74. The van der Waals surface area contributed by atoms with Gasteiger partial charge >= 0.3 is 0 Å². The number of nitrogens with two attached hydrogens (primary N) is 1. The average Bonchev–Trinajstić information content (AvgIpc) is 2.93. The third-order valence-corrected chi connectivity index (χ3v) is 3.29. The molecular weight excluding hydrogens is 240 g/mol. The molecule has 2 rings (SSSR count). The number of aliphatic hydroxyl groups excluding tert-OH is 1. The molecule has 1 unspecified atom stereocenters. The van der Waals surface area contributed by atoms with Crippen LogP contribution in [0.3, 0.4) is 0 Å². The molecule has 1 aliphatic rings. The number of benzene rings is 1. The Bertz CT molecular complexity index is 516. The van der Waals surface area contributed by atoms with Gasteiger partial charge in [0.2, 0.25) is 0 Å². The monoisotopic (exact) mass is 258 g/mol. The van der Waals surface area contributed by atoms with E-state index in [1.54, 1.807) is 17.0 Å². The minimum Gasteiger partial charge on any atom is -0.394 e. The van der Waals surface area contributed by atoms with Crippen LogP contribution in [0.5, 0.6) is 0 Å². The van der Waals surface area contributed by atoms with Gasteiger partial charge in [0.05, 0.1) is 19.2 Å². The van der Waals surface area contributed by atoms with Crippen molar-refractivity contribution in [2.24, 2.45) is 5.73 Å². The molecule has 0 aliphatic carbocycles. The number of likely N-dealkylation sites (tertiary alicyclic amines) is 1. The van der Waals surface area contributed by atoms with E-state index >= 15 is 0 Å². The summed E-state index contributed by atoms with van der Waals surface area (Å²) < 4.78 is 0. The number of hydrogen-bond acceptors (Lipinski definition) is 3. The van der Waals surface area contributed by atoms with Crippen LogP contribution < -0.4 is 5.73 Å². The van der Waals surface area contributed by atoms with Gasteiger partial charge in [0.1, 0.15) is 0 Å². The quantitative estimate of drug-likeness (QED) is 0.763. The van der Waals surface area contributed by atoms with Crippen molar-refractivity contribution in [2.75, 3.05) is 19.7 Å². The number of aliphatic hydroxyl groups is 1. The number of rotatable bonds is 2. The van der Waals surface area contributed by atoms with Crippen molar-refractivity contribution in [1.29, 1.82) is 0 Å². The van der Waals surface area contributed by atoms with Gasteiger partial charge in [0.25, 0.3) is 5.91 Å². The fourth-order valence-corrected chi connectivity index (χ4v) is 2.34. The summed E-state index contributed by atoms with van der Waals surface area (Å²) in [6.45, 7) is 1.04. The minimum absolute atomic E-state index is 0.0262. The second kappa shape index (κ2) is 6.37. The molecule has 4 nitrogen and oxygen atoms in total. The predicted molar refractivity (Wildman–Crippen MR) is 73.5 cm³/mol. The third-order valence-electron chi connectivity index (χ3n) is 3.29. The molecule has 4 heteroatoms. The molecule has 1 atom stereocenters. The van der Waals surface area contributed by atoms with Crippen molar-refractivity contribution in [3.8, 4) is 11.8 Å². The maximum atomic E-state index is 12.4. The highest BCUT2D eigenvalue weighted by molar-refractivity contribution is 5.95. The SMILES string of the molecule is NCC#Cc1cccc(C(=O)N2CCCC2CO)c1. The zero-order chi connectivity index (χ0) is 13.7. The maximum absolute atomic E-state index is 12.4. The molecule has 0 spiro atoms. The Balaban J connectivity index is 2.19. The smallest absolute Gasteiger partial charge is 0.254 e. The van der Waals surface area contributed by atoms with Gasteiger partial charge < -0.3 is 15.7 Å². The topological polar surface area (TPSA) is 66.6 Å². The van der Waals surface area contributed by atoms with Gasteiger partial charge in [-0.05, 0) is 31.0 Å². The Labute approximate surface area is 113 Å². The maximum Gasteiger partial charge on any atom is 0.254 e. The summed E-state index contributed by atoms with van der Waals surface area (Å²) in [6.07, 6.45) is 1.82. The van der Waals surface area contributed by atoms with Crippen molar-refractivity contribution >= 4 is 5.91 Å². The normalized spacial score (nSPS) is 18.0. The summed E-state index contributed by atoms with van der Waals surface area (Å²) >= 11 is 0. The fourth-order valence-electron chi connectivity index (χ4n) is 2.34. The Kier molecular flexibility index (Phi) is 4.56. The number of carbonyl (C=O) groups excluding carboxylic acids is 1. The van der Waals surface area contributed by atoms with Crippen molar-refractivity contribution < 1.29 is 9.90 Å². The van der Waals surface area contributed by atoms with Gasteiger partial charge in [-0.1, -0.05) is 17.9 Å². The Hall–Kier alpha value is -1.83. The molecule has 3 N–H and O–H groups in total. The highest BCUT2D eigenvalue weighted by Gasteiger charge is 2.28. The van der Waals surface area contributed by atoms with Crippen LogP contribution >= 0.6 is 0 Å². The highest BCUT2D eigenvalue weighted by Crippen LogP contribution is 2.20. The number of nitrogens with zero attached hydrogens (tertiary/aromatic N) is 1. The van der Waals surface area contributed by atoms with Crippen molar-refractivity contribution in [1.82, 2.24) is 4.90 Å². The molecule has 0 radical (unpaired) electrons. The molecule has 19 heavy (non-hydrogen) atoms. The van der Waals surface area contributed by atoms with Gasteiger partial charge in [-0.25, -0.2) is 0 Å². The second-order valence-corrected chi connectivity index (χ2v) is 4.56. The summed E-state index contributed by atoms with van der Waals surface area (Å²) in [4.78, 5) is 14.1. The zero-order valence-electron chi connectivity index (χ0n) is 10.8. The zero-order valence-corrected chi connectivity index (χ0v) is 10.8. The van der Waals surface area contributed by atoms with Gasteiger partial charge in [-0.2, -0.15) is 0 Å². The Morgan fingerprint density at radius 2 is 2.37 bits per heavy atom. The number of carbonyl (C=O) groups is 1. The lowest BCUT2D eigenvalue weighted by Crippen LogP contribution is -2.37. The fraction of sp³-hybridized carbons (Fsp3) is 0.400. The molecule has 0 aromatic heterocycles. The first-order valence-electron chi connectivity index (χ1n) is 6.47. The molecule has 1 aliphatic heterocycles. The van der Waals surface area contributed by atoms with E-state index in [1.807, 2.05) is 12.1 Å². The van der Waals surface area contributed by atoms with Crippen LogP contribution in [0.2, 0.25) is 0 Å². The van der Waals surface area contributed by atoms with Crippen molar-refractivity contribution in [3.63, 3.8) is 0 Å². The van der Waals surface area contributed by atoms with E-state index < -0.39 is 0 Å². The van der Waals surface area contributed by atoms with Crippen LogP contribution in [0, 0.1) is 11.8 Å². The first-order chi connectivity index (χ1) is 9.26. The van der Waals surface area contributed by atoms with Crippen LogP contribution in [0.25, 0.3) is 0 Å². The molecule has 1 fully saturated rings. The van der Waals surface area contributed by atoms with E-state index in [4.69, 9.17) is 5.73 Å². The molecule has 0 bridgehead atoms. The first kappa shape index (κ1) is 13.6. The van der Waals surface area contributed by atoms with E-state index in [-0.39, 0.29) is 18.6 Å². The van der Waals surface area contributed by atoms with Crippen LogP contribution in [0.1, 0.15) is 28.8 Å². The lowest BCUT2D eigenvalue weighted by molar-refractivity contribution is 0.0677. The lowest BCUT2D eigenvalue weighted by Gasteiger charge is -2.23. The molecule has 1 amide bonds. The second-order valence-electron chi connectivity index (χ2n) is 4.56. The number of amides is 1. The molecule has 1 aromatic rings. The first-order valence-corrected chi connectivity index (χ1v) is 6.47. The van der Waals surface area contributed by atoms with Crippen molar-refractivity contribution in [3.05, 3.63) is 35.4 Å². The third kappa shape index (κ3) is 3.14. The van der Waals surface area contributed by atoms with Crippen molar-refractivity contribution in [2.45, 2.75) is 18.9 Å². The summed E-state index contributed by atoms with van der Waals surface area (Å²) in [7, 11) is 0. The molecule has 1 heterocycles. The van der Waals surface area contributed by atoms with E-state index in [2.05, 4.69) is 11.8 Å². The predicted octanol–water partition coefficient (Wildman–Crippen LogP) is 0.594. The molecule has 1 saturated heterocycles. The van der Waals surface area contributed by atoms with Gasteiger partial charge in [-0.15, -0.1) is 0 Å². The van der Waals surface area contributed by atoms with Gasteiger partial charge in [0.15, 0.2) is 0 Å². The van der Waals surface area contributed by atoms with Crippen LogP contribution in [0.15, 0.2) is 24.3 Å². The summed E-state index contributed by atoms with van der Waals surface area (Å²) in [6, 6.07) is 7.18. The highest BCUT2D eigenvalue weighted by atomic mass is 16.3. The summed E-state index contributed by atoms with van der Waals surface area (Å²) in [5.74, 6) is 5.66. The Morgan fingerprint density at radius 3 is 3.11 bits per heavy atom. The van der Waals surface area contributed by atoms with Gasteiger partial charge in [0, 0.05) is 17.7 Å². The standard InChI is InChI=1S/C15H18N2O2/c16-8-2-5-12-4-1-6-13(10-12)15(19)17-9-3-7-14(17)11-18/h1,4,6,10,14,18H,3,7-9,11,16H2. The van der Waals surface area contributed by atoms with Gasteiger partial charge in [-0.3, -0.25) is 4.79 Å². The largest absolute Gasteiger partial charge is 0.394 e. The molecular formula is C15H18N2O2. The summed E-state index contributed by atoms with van der Waals surface area (Å²) in [5, 5.41) is 9.27. The van der Waals surface area contributed by atoms with Crippen LogP contribution in [0.4, 0.5) is 0 Å². The number of hydrogen-bond donors (Lipinski definition) is 2. The Morgan fingerprint density at radius 1 is 1.53 bits per heavy atom. The van der Waals surface area contributed by atoms with E-state index in [1.165, 1.54) is 0 Å². The average molecular weight is 258 g/mol. The minimum atomic E-state index is -0.0497. The van der Waals surface area contributed by atoms with E-state index in [0.29, 0.717) is 18.7 Å². The van der Waals surface area contributed by atoms with E-state index in [0.717, 1.165) is 18.4 Å². The molecule has 1 aromatic carbocycles. The van der Waals surface area contributed by atoms with Crippen LogP contribution in [-0.4, -0.2) is 41.7 Å². The van der Waals surface area contributed by atoms with E-state index in [9.17, 15) is 9.90 Å².